The highest BCUT2D eigenvalue weighted by atomic mass is 19.4. The van der Waals surface area contributed by atoms with E-state index in [0.29, 0.717) is 28.6 Å². The van der Waals surface area contributed by atoms with E-state index in [2.05, 4.69) is 25.5 Å². The topological polar surface area (TPSA) is 77.8 Å². The second-order valence-corrected chi connectivity index (χ2v) is 7.90. The molecule has 0 spiro atoms. The quantitative estimate of drug-likeness (QED) is 0.400. The zero-order chi connectivity index (χ0) is 24.5. The van der Waals surface area contributed by atoms with Crippen LogP contribution in [0, 0.1) is 13.8 Å². The van der Waals surface area contributed by atoms with E-state index in [1.165, 1.54) is 6.07 Å². The molecule has 1 N–H and O–H groups in total. The van der Waals surface area contributed by atoms with Gasteiger partial charge in [-0.15, -0.1) is 10.2 Å². The fraction of sp³-hybridized carbons (Fsp3) is 0.250. The highest BCUT2D eigenvalue weighted by Gasteiger charge is 2.30. The lowest BCUT2D eigenvalue weighted by atomic mass is 10.0. The third-order valence-electron chi connectivity index (χ3n) is 5.34. The van der Waals surface area contributed by atoms with Gasteiger partial charge in [-0.3, -0.25) is 0 Å². The maximum absolute atomic E-state index is 13.0. The number of anilines is 1. The highest BCUT2D eigenvalue weighted by molar-refractivity contribution is 5.61. The molecule has 4 aromatic rings. The SMILES string of the molecule is COc1nc(-c2cc(C)c(N[C@@H](C)c3cccc(C(F)(F)F)c3)nn2)ccc1-n1cnc(C)c1. The summed E-state index contributed by atoms with van der Waals surface area (Å²) in [5.41, 5.74) is 3.31. The number of halogens is 3. The summed E-state index contributed by atoms with van der Waals surface area (Å²) < 4.78 is 46.4. The number of methoxy groups -OCH3 is 1. The van der Waals surface area contributed by atoms with Gasteiger partial charge >= 0.3 is 6.18 Å². The molecule has 4 rings (SSSR count). The van der Waals surface area contributed by atoms with Gasteiger partial charge in [0.25, 0.3) is 0 Å². The van der Waals surface area contributed by atoms with Crippen LogP contribution in [0.25, 0.3) is 17.1 Å². The lowest BCUT2D eigenvalue weighted by Gasteiger charge is -2.18. The Hall–Kier alpha value is -3.95. The van der Waals surface area contributed by atoms with Crippen molar-refractivity contribution in [1.29, 1.82) is 0 Å². The van der Waals surface area contributed by atoms with E-state index in [9.17, 15) is 13.2 Å². The first kappa shape index (κ1) is 23.2. The second-order valence-electron chi connectivity index (χ2n) is 7.90. The number of rotatable bonds is 6. The van der Waals surface area contributed by atoms with Crippen molar-refractivity contribution in [3.05, 3.63) is 77.4 Å². The van der Waals surface area contributed by atoms with Crippen LogP contribution in [0.15, 0.2) is 55.0 Å². The normalized spacial score (nSPS) is 12.4. The molecular formula is C24H23F3N6O. The van der Waals surface area contributed by atoms with Crippen molar-refractivity contribution < 1.29 is 17.9 Å². The van der Waals surface area contributed by atoms with Crippen LogP contribution < -0.4 is 10.1 Å². The molecule has 7 nitrogen and oxygen atoms in total. The van der Waals surface area contributed by atoms with E-state index in [0.717, 1.165) is 29.1 Å². The van der Waals surface area contributed by atoms with Gasteiger partial charge in [0.2, 0.25) is 5.88 Å². The summed E-state index contributed by atoms with van der Waals surface area (Å²) in [6, 6.07) is 10.3. The molecule has 34 heavy (non-hydrogen) atoms. The molecule has 176 valence electrons. The first-order valence-electron chi connectivity index (χ1n) is 10.5. The minimum atomic E-state index is -4.40. The van der Waals surface area contributed by atoms with Gasteiger partial charge in [0.15, 0.2) is 5.82 Å². The predicted molar refractivity (Wildman–Crippen MR) is 122 cm³/mol. The van der Waals surface area contributed by atoms with E-state index >= 15 is 0 Å². The van der Waals surface area contributed by atoms with Crippen LogP contribution in [0.3, 0.4) is 0 Å². The summed E-state index contributed by atoms with van der Waals surface area (Å²) in [5.74, 6) is 0.890. The van der Waals surface area contributed by atoms with Gasteiger partial charge in [-0.05, 0) is 62.2 Å². The fourth-order valence-electron chi connectivity index (χ4n) is 3.50. The van der Waals surface area contributed by atoms with Crippen molar-refractivity contribution in [2.75, 3.05) is 12.4 Å². The number of nitrogens with one attached hydrogen (secondary N) is 1. The van der Waals surface area contributed by atoms with Gasteiger partial charge in [0.05, 0.1) is 36.4 Å². The van der Waals surface area contributed by atoms with E-state index < -0.39 is 17.8 Å². The third-order valence-corrected chi connectivity index (χ3v) is 5.34. The summed E-state index contributed by atoms with van der Waals surface area (Å²) in [6.07, 6.45) is -0.840. The molecule has 10 heteroatoms. The monoisotopic (exact) mass is 468 g/mol. The van der Waals surface area contributed by atoms with Crippen molar-refractivity contribution in [3.8, 4) is 23.0 Å². The van der Waals surface area contributed by atoms with Crippen molar-refractivity contribution in [2.24, 2.45) is 0 Å². The molecule has 0 fully saturated rings. The summed E-state index contributed by atoms with van der Waals surface area (Å²) in [7, 11) is 1.54. The zero-order valence-corrected chi connectivity index (χ0v) is 19.1. The van der Waals surface area contributed by atoms with Gasteiger partial charge in [0.1, 0.15) is 11.4 Å². The van der Waals surface area contributed by atoms with Crippen LogP contribution in [-0.4, -0.2) is 31.8 Å². The number of imidazole rings is 1. The van der Waals surface area contributed by atoms with Gasteiger partial charge in [-0.1, -0.05) is 12.1 Å². The molecule has 3 aromatic heterocycles. The Balaban J connectivity index is 1.57. The molecule has 1 atom stereocenters. The van der Waals surface area contributed by atoms with Crippen LogP contribution in [-0.2, 0) is 6.18 Å². The number of hydrogen-bond donors (Lipinski definition) is 1. The largest absolute Gasteiger partial charge is 0.479 e. The van der Waals surface area contributed by atoms with Crippen LogP contribution in [0.5, 0.6) is 5.88 Å². The van der Waals surface area contributed by atoms with Crippen LogP contribution >= 0.6 is 0 Å². The lowest BCUT2D eigenvalue weighted by molar-refractivity contribution is -0.137. The molecule has 0 radical (unpaired) electrons. The first-order valence-corrected chi connectivity index (χ1v) is 10.5. The lowest BCUT2D eigenvalue weighted by Crippen LogP contribution is -2.12. The van der Waals surface area contributed by atoms with Gasteiger partial charge in [0, 0.05) is 6.20 Å². The van der Waals surface area contributed by atoms with Crippen molar-refractivity contribution >= 4 is 5.82 Å². The number of ether oxygens (including phenoxy) is 1. The standard InChI is InChI=1S/C24H23F3N6O/c1-14-10-20(19-8-9-21(23(30-19)34-4)33-12-15(2)28-13-33)31-32-22(14)29-16(3)17-6-5-7-18(11-17)24(25,26)27/h5-13,16H,1-4H3,(H,29,32)/t16-/m0/s1. The Morgan fingerprint density at radius 3 is 2.47 bits per heavy atom. The number of benzene rings is 1. The summed E-state index contributed by atoms with van der Waals surface area (Å²) in [6.45, 7) is 5.51. The van der Waals surface area contributed by atoms with Crippen LogP contribution in [0.4, 0.5) is 19.0 Å². The van der Waals surface area contributed by atoms with Crippen molar-refractivity contribution in [1.82, 2.24) is 24.7 Å². The number of aromatic nitrogens is 5. The van der Waals surface area contributed by atoms with Crippen molar-refractivity contribution in [3.63, 3.8) is 0 Å². The second kappa shape index (κ2) is 9.12. The zero-order valence-electron chi connectivity index (χ0n) is 19.1. The summed E-state index contributed by atoms with van der Waals surface area (Å²) >= 11 is 0. The van der Waals surface area contributed by atoms with Crippen LogP contribution in [0.2, 0.25) is 0 Å². The third kappa shape index (κ3) is 4.85. The van der Waals surface area contributed by atoms with E-state index in [4.69, 9.17) is 4.74 Å². The Kier molecular flexibility index (Phi) is 6.23. The predicted octanol–water partition coefficient (Wildman–Crippen LogP) is 5.54. The number of alkyl halides is 3. The minimum absolute atomic E-state index is 0.405. The van der Waals surface area contributed by atoms with Gasteiger partial charge < -0.3 is 14.6 Å². The molecule has 1 aromatic carbocycles. The Bertz CT molecular complexity index is 1320. The average Bonchev–Trinajstić information content (AvgIpc) is 3.25. The Morgan fingerprint density at radius 1 is 1.03 bits per heavy atom. The minimum Gasteiger partial charge on any atom is -0.479 e. The molecule has 0 saturated heterocycles. The molecule has 0 aliphatic carbocycles. The molecule has 0 aliphatic heterocycles. The Labute approximate surface area is 194 Å². The van der Waals surface area contributed by atoms with Crippen molar-refractivity contribution in [2.45, 2.75) is 33.0 Å². The Morgan fingerprint density at radius 2 is 1.82 bits per heavy atom. The first-order chi connectivity index (χ1) is 16.2. The molecule has 0 amide bonds. The van der Waals surface area contributed by atoms with Gasteiger partial charge in [-0.2, -0.15) is 13.2 Å². The molecule has 0 bridgehead atoms. The maximum atomic E-state index is 13.0. The smallest absolute Gasteiger partial charge is 0.416 e. The molecule has 0 saturated carbocycles. The van der Waals surface area contributed by atoms with Gasteiger partial charge in [-0.25, -0.2) is 9.97 Å². The molecular weight excluding hydrogens is 445 g/mol. The average molecular weight is 468 g/mol. The van der Waals surface area contributed by atoms with Crippen LogP contribution in [0.1, 0.15) is 35.3 Å². The molecule has 0 aliphatic rings. The van der Waals surface area contributed by atoms with E-state index in [1.807, 2.05) is 42.8 Å². The molecule has 3 heterocycles. The summed E-state index contributed by atoms with van der Waals surface area (Å²) in [4.78, 5) is 8.79. The van der Waals surface area contributed by atoms with E-state index in [1.54, 1.807) is 26.4 Å². The molecule has 0 unspecified atom stereocenters. The highest BCUT2D eigenvalue weighted by Crippen LogP contribution is 2.32. The number of aryl methyl sites for hydroxylation is 2. The summed E-state index contributed by atoms with van der Waals surface area (Å²) in [5, 5.41) is 11.7. The maximum Gasteiger partial charge on any atom is 0.416 e. The number of hydrogen-bond acceptors (Lipinski definition) is 6. The van der Waals surface area contributed by atoms with E-state index in [-0.39, 0.29) is 0 Å². The fourth-order valence-corrected chi connectivity index (χ4v) is 3.50. The number of nitrogens with zero attached hydrogens (tertiary/aromatic N) is 5. The number of pyridine rings is 1.